The van der Waals surface area contributed by atoms with Crippen LogP contribution in [0.3, 0.4) is 0 Å². The first-order valence-corrected chi connectivity index (χ1v) is 7.37. The van der Waals surface area contributed by atoms with Gasteiger partial charge in [0, 0.05) is 25.3 Å². The Morgan fingerprint density at radius 2 is 1.90 bits per heavy atom. The molecule has 1 unspecified atom stereocenters. The number of fused-ring (bicyclic) bond motifs is 1. The predicted octanol–water partition coefficient (Wildman–Crippen LogP) is 3.43. The molecule has 2 heteroatoms. The number of nitrogens with zero attached hydrogens (tertiary/aromatic N) is 1. The molecule has 104 valence electrons. The Hall–Kier alpha value is -1.80. The third kappa shape index (κ3) is 2.70. The minimum Gasteiger partial charge on any atom is -0.398 e. The maximum absolute atomic E-state index is 6.06. The molecule has 1 aliphatic heterocycles. The minimum absolute atomic E-state index is 0.568. The van der Waals surface area contributed by atoms with Crippen LogP contribution < -0.4 is 5.73 Å². The smallest absolute Gasteiger partial charge is 0.0350 e. The highest BCUT2D eigenvalue weighted by molar-refractivity contribution is 5.51. The second-order valence-corrected chi connectivity index (χ2v) is 5.78. The summed E-state index contributed by atoms with van der Waals surface area (Å²) in [5, 5.41) is 0. The van der Waals surface area contributed by atoms with Gasteiger partial charge in [0.25, 0.3) is 0 Å². The van der Waals surface area contributed by atoms with Gasteiger partial charge in [-0.3, -0.25) is 4.90 Å². The largest absolute Gasteiger partial charge is 0.398 e. The summed E-state index contributed by atoms with van der Waals surface area (Å²) < 4.78 is 0. The SMILES string of the molecule is CC(CN1CCc2c(N)cccc2C1)c1ccccc1. The van der Waals surface area contributed by atoms with Crippen molar-refractivity contribution in [2.45, 2.75) is 25.8 Å². The second-order valence-electron chi connectivity index (χ2n) is 5.78. The summed E-state index contributed by atoms with van der Waals surface area (Å²) in [5.74, 6) is 0.568. The Bertz CT molecular complexity index is 577. The van der Waals surface area contributed by atoms with Crippen LogP contribution in [0.25, 0.3) is 0 Å². The Balaban J connectivity index is 1.69. The fourth-order valence-electron chi connectivity index (χ4n) is 3.13. The van der Waals surface area contributed by atoms with Crippen molar-refractivity contribution in [2.24, 2.45) is 0 Å². The van der Waals surface area contributed by atoms with E-state index < -0.39 is 0 Å². The first-order chi connectivity index (χ1) is 9.74. The average molecular weight is 266 g/mol. The molecule has 2 aromatic carbocycles. The van der Waals surface area contributed by atoms with Crippen LogP contribution in [0, 0.1) is 0 Å². The third-order valence-electron chi connectivity index (χ3n) is 4.28. The molecule has 0 amide bonds. The van der Waals surface area contributed by atoms with Gasteiger partial charge in [0.15, 0.2) is 0 Å². The Morgan fingerprint density at radius 3 is 2.70 bits per heavy atom. The summed E-state index contributed by atoms with van der Waals surface area (Å²) in [6.45, 7) is 5.55. The second kappa shape index (κ2) is 5.68. The number of hydrogen-bond donors (Lipinski definition) is 1. The van der Waals surface area contributed by atoms with Crippen LogP contribution in [-0.2, 0) is 13.0 Å². The van der Waals surface area contributed by atoms with Crippen LogP contribution in [0.2, 0.25) is 0 Å². The van der Waals surface area contributed by atoms with Crippen LogP contribution in [0.5, 0.6) is 0 Å². The number of benzene rings is 2. The fourth-order valence-corrected chi connectivity index (χ4v) is 3.13. The van der Waals surface area contributed by atoms with Crippen molar-refractivity contribution in [3.05, 3.63) is 65.2 Å². The molecular weight excluding hydrogens is 244 g/mol. The first kappa shape index (κ1) is 13.2. The standard InChI is InChI=1S/C18H22N2/c1-14(15-6-3-2-4-7-15)12-20-11-10-17-16(13-20)8-5-9-18(17)19/h2-9,14H,10-13,19H2,1H3. The zero-order chi connectivity index (χ0) is 13.9. The van der Waals surface area contributed by atoms with Gasteiger partial charge >= 0.3 is 0 Å². The van der Waals surface area contributed by atoms with E-state index in [1.165, 1.54) is 16.7 Å². The highest BCUT2D eigenvalue weighted by atomic mass is 15.1. The van der Waals surface area contributed by atoms with E-state index in [9.17, 15) is 0 Å². The lowest BCUT2D eigenvalue weighted by atomic mass is 9.95. The van der Waals surface area contributed by atoms with Gasteiger partial charge < -0.3 is 5.73 Å². The van der Waals surface area contributed by atoms with Crippen LogP contribution >= 0.6 is 0 Å². The van der Waals surface area contributed by atoms with Crippen molar-refractivity contribution in [3.63, 3.8) is 0 Å². The summed E-state index contributed by atoms with van der Waals surface area (Å²) in [5.41, 5.74) is 11.2. The fraction of sp³-hybridized carbons (Fsp3) is 0.333. The molecule has 0 aromatic heterocycles. The maximum atomic E-state index is 6.06. The van der Waals surface area contributed by atoms with Crippen molar-refractivity contribution < 1.29 is 0 Å². The van der Waals surface area contributed by atoms with Gasteiger partial charge in [-0.25, -0.2) is 0 Å². The monoisotopic (exact) mass is 266 g/mol. The Kier molecular flexibility index (Phi) is 3.75. The number of nitrogens with two attached hydrogens (primary N) is 1. The lowest BCUT2D eigenvalue weighted by Gasteiger charge is -2.31. The zero-order valence-corrected chi connectivity index (χ0v) is 12.0. The van der Waals surface area contributed by atoms with Crippen LogP contribution in [0.15, 0.2) is 48.5 Å². The topological polar surface area (TPSA) is 29.3 Å². The molecular formula is C18H22N2. The molecule has 0 saturated heterocycles. The normalized spacial score (nSPS) is 16.6. The number of rotatable bonds is 3. The van der Waals surface area contributed by atoms with E-state index >= 15 is 0 Å². The highest BCUT2D eigenvalue weighted by Gasteiger charge is 2.19. The van der Waals surface area contributed by atoms with Gasteiger partial charge in [-0.15, -0.1) is 0 Å². The van der Waals surface area contributed by atoms with E-state index in [4.69, 9.17) is 5.73 Å². The molecule has 2 nitrogen and oxygen atoms in total. The molecule has 2 N–H and O–H groups in total. The van der Waals surface area contributed by atoms with Crippen LogP contribution in [-0.4, -0.2) is 18.0 Å². The van der Waals surface area contributed by atoms with E-state index in [1.807, 2.05) is 6.07 Å². The molecule has 1 atom stereocenters. The molecule has 1 heterocycles. The van der Waals surface area contributed by atoms with Gasteiger partial charge in [0.1, 0.15) is 0 Å². The van der Waals surface area contributed by atoms with Crippen molar-refractivity contribution in [2.75, 3.05) is 18.8 Å². The van der Waals surface area contributed by atoms with E-state index in [0.717, 1.165) is 31.7 Å². The summed E-state index contributed by atoms with van der Waals surface area (Å²) in [6.07, 6.45) is 1.07. The molecule has 0 fully saturated rings. The van der Waals surface area contributed by atoms with E-state index in [1.54, 1.807) is 0 Å². The minimum atomic E-state index is 0.568. The molecule has 0 radical (unpaired) electrons. The van der Waals surface area contributed by atoms with E-state index in [0.29, 0.717) is 5.92 Å². The molecule has 0 saturated carbocycles. The molecule has 0 aliphatic carbocycles. The van der Waals surface area contributed by atoms with E-state index in [-0.39, 0.29) is 0 Å². The van der Waals surface area contributed by atoms with Crippen molar-refractivity contribution in [3.8, 4) is 0 Å². The average Bonchev–Trinajstić information content (AvgIpc) is 2.48. The molecule has 1 aliphatic rings. The third-order valence-corrected chi connectivity index (χ3v) is 4.28. The molecule has 2 aromatic rings. The highest BCUT2D eigenvalue weighted by Crippen LogP contribution is 2.26. The summed E-state index contributed by atoms with van der Waals surface area (Å²) in [4.78, 5) is 2.54. The quantitative estimate of drug-likeness (QED) is 0.862. The summed E-state index contributed by atoms with van der Waals surface area (Å²) in [6, 6.07) is 17.1. The van der Waals surface area contributed by atoms with Gasteiger partial charge in [0.2, 0.25) is 0 Å². The van der Waals surface area contributed by atoms with Gasteiger partial charge in [-0.05, 0) is 35.1 Å². The predicted molar refractivity (Wildman–Crippen MR) is 84.7 cm³/mol. The van der Waals surface area contributed by atoms with Gasteiger partial charge in [-0.2, -0.15) is 0 Å². The Morgan fingerprint density at radius 1 is 1.10 bits per heavy atom. The maximum Gasteiger partial charge on any atom is 0.0350 e. The van der Waals surface area contributed by atoms with Crippen molar-refractivity contribution in [1.82, 2.24) is 4.90 Å². The number of nitrogen functional groups attached to an aromatic ring is 1. The number of anilines is 1. The van der Waals surface area contributed by atoms with Crippen molar-refractivity contribution in [1.29, 1.82) is 0 Å². The first-order valence-electron chi connectivity index (χ1n) is 7.37. The summed E-state index contributed by atoms with van der Waals surface area (Å²) >= 11 is 0. The lowest BCUT2D eigenvalue weighted by Crippen LogP contribution is -2.33. The van der Waals surface area contributed by atoms with Crippen molar-refractivity contribution >= 4 is 5.69 Å². The van der Waals surface area contributed by atoms with Gasteiger partial charge in [-0.1, -0.05) is 49.4 Å². The Labute approximate surface area is 121 Å². The molecule has 0 bridgehead atoms. The van der Waals surface area contributed by atoms with E-state index in [2.05, 4.69) is 54.3 Å². The molecule has 3 rings (SSSR count). The summed E-state index contributed by atoms with van der Waals surface area (Å²) in [7, 11) is 0. The van der Waals surface area contributed by atoms with Crippen LogP contribution in [0.1, 0.15) is 29.5 Å². The van der Waals surface area contributed by atoms with Crippen LogP contribution in [0.4, 0.5) is 5.69 Å². The zero-order valence-electron chi connectivity index (χ0n) is 12.0. The lowest BCUT2D eigenvalue weighted by molar-refractivity contribution is 0.242. The number of hydrogen-bond acceptors (Lipinski definition) is 2. The molecule has 0 spiro atoms. The van der Waals surface area contributed by atoms with Gasteiger partial charge in [0.05, 0.1) is 0 Å². The molecule has 20 heavy (non-hydrogen) atoms.